The summed E-state index contributed by atoms with van der Waals surface area (Å²) in [7, 11) is 1.56. The molecule has 0 spiro atoms. The van der Waals surface area contributed by atoms with Crippen molar-refractivity contribution in [2.75, 3.05) is 7.11 Å². The number of methoxy groups -OCH3 is 1. The van der Waals surface area contributed by atoms with E-state index in [1.165, 1.54) is 0 Å². The van der Waals surface area contributed by atoms with E-state index in [1.807, 2.05) is 6.92 Å². The minimum absolute atomic E-state index is 0.111. The molecular weight excluding hydrogens is 256 g/mol. The molecule has 0 aromatic heterocycles. The number of carbonyl (C=O) groups is 1. The minimum atomic E-state index is -0.707. The first-order chi connectivity index (χ1) is 8.50. The van der Waals surface area contributed by atoms with Gasteiger partial charge in [0.25, 0.3) is 0 Å². The second-order valence-electron chi connectivity index (χ2n) is 4.71. The van der Waals surface area contributed by atoms with Crippen LogP contribution in [0.25, 0.3) is 0 Å². The number of hydrogen-bond donors (Lipinski definition) is 2. The van der Waals surface area contributed by atoms with E-state index in [-0.39, 0.29) is 12.1 Å². The Kier molecular flexibility index (Phi) is 2.35. The number of halogens is 1. The number of hydrogen-bond acceptors (Lipinski definition) is 3. The highest BCUT2D eigenvalue weighted by molar-refractivity contribution is 6.30. The first-order valence-electron chi connectivity index (χ1n) is 5.66. The monoisotopic (exact) mass is 268 g/mol. The van der Waals surface area contributed by atoms with Gasteiger partial charge >= 0.3 is 6.03 Å². The zero-order chi connectivity index (χ0) is 12.9. The number of carbonyl (C=O) groups excluding carboxylic acids is 1. The summed E-state index contributed by atoms with van der Waals surface area (Å²) in [5.41, 5.74) is 0.146. The third-order valence-electron chi connectivity index (χ3n) is 3.25. The van der Waals surface area contributed by atoms with E-state index in [9.17, 15) is 4.79 Å². The fraction of sp³-hybridized carbons (Fsp3) is 0.417. The van der Waals surface area contributed by atoms with Crippen molar-refractivity contribution in [2.24, 2.45) is 0 Å². The number of benzene rings is 1. The second-order valence-corrected chi connectivity index (χ2v) is 5.15. The molecule has 2 bridgehead atoms. The minimum Gasteiger partial charge on any atom is -0.493 e. The van der Waals surface area contributed by atoms with E-state index in [0.717, 1.165) is 5.56 Å². The van der Waals surface area contributed by atoms with Crippen molar-refractivity contribution < 1.29 is 14.3 Å². The molecule has 2 amide bonds. The Morgan fingerprint density at radius 2 is 2.33 bits per heavy atom. The molecule has 18 heavy (non-hydrogen) atoms. The van der Waals surface area contributed by atoms with Crippen LogP contribution in [0.3, 0.4) is 0 Å². The van der Waals surface area contributed by atoms with Crippen LogP contribution in [0, 0.1) is 0 Å². The number of amides is 2. The molecule has 6 heteroatoms. The molecule has 1 fully saturated rings. The Bertz CT molecular complexity index is 534. The fourth-order valence-corrected chi connectivity index (χ4v) is 2.73. The van der Waals surface area contributed by atoms with Crippen molar-refractivity contribution in [1.29, 1.82) is 0 Å². The van der Waals surface area contributed by atoms with Gasteiger partial charge in [-0.2, -0.15) is 0 Å². The van der Waals surface area contributed by atoms with Crippen molar-refractivity contribution in [3.63, 3.8) is 0 Å². The summed E-state index contributed by atoms with van der Waals surface area (Å²) < 4.78 is 11.2. The third-order valence-corrected chi connectivity index (χ3v) is 3.47. The SMILES string of the molecule is COc1cc(Cl)cc2c1OC1(C)CC2NC(=O)N1. The summed E-state index contributed by atoms with van der Waals surface area (Å²) >= 11 is 6.04. The number of urea groups is 1. The van der Waals surface area contributed by atoms with Crippen LogP contribution in [0.15, 0.2) is 12.1 Å². The van der Waals surface area contributed by atoms with Gasteiger partial charge in [-0.3, -0.25) is 0 Å². The van der Waals surface area contributed by atoms with E-state index in [2.05, 4.69) is 10.6 Å². The lowest BCUT2D eigenvalue weighted by Gasteiger charge is -2.44. The number of fused-ring (bicyclic) bond motifs is 4. The Labute approximate surface area is 109 Å². The highest BCUT2D eigenvalue weighted by atomic mass is 35.5. The normalized spacial score (nSPS) is 28.6. The average Bonchev–Trinajstić information content (AvgIpc) is 2.28. The van der Waals surface area contributed by atoms with Crippen LogP contribution in [0.1, 0.15) is 24.9 Å². The molecule has 0 saturated carbocycles. The van der Waals surface area contributed by atoms with Crippen LogP contribution in [0.4, 0.5) is 4.79 Å². The van der Waals surface area contributed by atoms with Gasteiger partial charge in [-0.25, -0.2) is 4.79 Å². The van der Waals surface area contributed by atoms with Crippen LogP contribution in [0.2, 0.25) is 5.02 Å². The summed E-state index contributed by atoms with van der Waals surface area (Å²) in [6.07, 6.45) is 0.648. The number of nitrogens with one attached hydrogen (secondary N) is 2. The van der Waals surface area contributed by atoms with Gasteiger partial charge in [0.2, 0.25) is 0 Å². The first kappa shape index (κ1) is 11.5. The Morgan fingerprint density at radius 1 is 1.56 bits per heavy atom. The van der Waals surface area contributed by atoms with Gasteiger partial charge in [-0.1, -0.05) is 11.6 Å². The molecule has 2 heterocycles. The van der Waals surface area contributed by atoms with E-state index >= 15 is 0 Å². The van der Waals surface area contributed by atoms with Crippen molar-refractivity contribution in [3.05, 3.63) is 22.7 Å². The van der Waals surface area contributed by atoms with E-state index in [0.29, 0.717) is 22.9 Å². The molecule has 2 unspecified atom stereocenters. The van der Waals surface area contributed by atoms with E-state index < -0.39 is 5.72 Å². The summed E-state index contributed by atoms with van der Waals surface area (Å²) in [5, 5.41) is 6.19. The van der Waals surface area contributed by atoms with Gasteiger partial charge in [0.15, 0.2) is 17.2 Å². The van der Waals surface area contributed by atoms with E-state index in [1.54, 1.807) is 19.2 Å². The molecule has 1 saturated heterocycles. The van der Waals surface area contributed by atoms with Gasteiger partial charge in [-0.05, 0) is 13.0 Å². The van der Waals surface area contributed by atoms with Crippen LogP contribution < -0.4 is 20.1 Å². The van der Waals surface area contributed by atoms with Crippen LogP contribution in [-0.4, -0.2) is 18.9 Å². The average molecular weight is 269 g/mol. The lowest BCUT2D eigenvalue weighted by Crippen LogP contribution is -2.62. The molecule has 2 N–H and O–H groups in total. The highest BCUT2D eigenvalue weighted by Crippen LogP contribution is 2.46. The molecule has 3 rings (SSSR count). The standard InChI is InChI=1S/C12H13ClN2O3/c1-12-5-8(14-11(16)15-12)7-3-6(13)4-9(17-2)10(7)18-12/h3-4,8H,5H2,1-2H3,(H2,14,15,16). The molecular formula is C12H13ClN2O3. The third kappa shape index (κ3) is 1.66. The Balaban J connectivity index is 2.15. The van der Waals surface area contributed by atoms with Crippen molar-refractivity contribution >= 4 is 17.6 Å². The smallest absolute Gasteiger partial charge is 0.318 e. The maximum Gasteiger partial charge on any atom is 0.318 e. The molecule has 96 valence electrons. The predicted octanol–water partition coefficient (Wildman–Crippen LogP) is 2.20. The quantitative estimate of drug-likeness (QED) is 0.821. The van der Waals surface area contributed by atoms with Crippen LogP contribution in [-0.2, 0) is 0 Å². The summed E-state index contributed by atoms with van der Waals surface area (Å²) in [5.74, 6) is 1.21. The highest BCUT2D eigenvalue weighted by Gasteiger charge is 2.44. The molecule has 2 aliphatic rings. The molecule has 0 aliphatic carbocycles. The molecule has 1 aromatic rings. The summed E-state index contributed by atoms with van der Waals surface area (Å²) in [4.78, 5) is 11.6. The lowest BCUT2D eigenvalue weighted by atomic mass is 9.91. The van der Waals surface area contributed by atoms with Crippen LogP contribution in [0.5, 0.6) is 11.5 Å². The number of ether oxygens (including phenoxy) is 2. The van der Waals surface area contributed by atoms with E-state index in [4.69, 9.17) is 21.1 Å². The Morgan fingerprint density at radius 3 is 3.06 bits per heavy atom. The zero-order valence-electron chi connectivity index (χ0n) is 10.0. The molecule has 2 aliphatic heterocycles. The van der Waals surface area contributed by atoms with Crippen molar-refractivity contribution in [2.45, 2.75) is 25.1 Å². The van der Waals surface area contributed by atoms with Gasteiger partial charge in [0.1, 0.15) is 0 Å². The molecule has 5 nitrogen and oxygen atoms in total. The van der Waals surface area contributed by atoms with Gasteiger partial charge in [0, 0.05) is 23.1 Å². The van der Waals surface area contributed by atoms with Crippen molar-refractivity contribution in [1.82, 2.24) is 10.6 Å². The topological polar surface area (TPSA) is 59.6 Å². The number of rotatable bonds is 1. The van der Waals surface area contributed by atoms with Gasteiger partial charge in [-0.15, -0.1) is 0 Å². The van der Waals surface area contributed by atoms with Gasteiger partial charge in [0.05, 0.1) is 13.2 Å². The lowest BCUT2D eigenvalue weighted by molar-refractivity contribution is 0.00942. The molecule has 1 aromatic carbocycles. The second kappa shape index (κ2) is 3.68. The first-order valence-corrected chi connectivity index (χ1v) is 6.04. The predicted molar refractivity (Wildman–Crippen MR) is 66.1 cm³/mol. The maximum absolute atomic E-state index is 11.6. The van der Waals surface area contributed by atoms with Crippen LogP contribution >= 0.6 is 11.6 Å². The molecule has 2 atom stereocenters. The fourth-order valence-electron chi connectivity index (χ4n) is 2.51. The summed E-state index contributed by atoms with van der Waals surface area (Å²) in [6, 6.07) is 3.15. The zero-order valence-corrected chi connectivity index (χ0v) is 10.8. The Hall–Kier alpha value is -1.62. The largest absolute Gasteiger partial charge is 0.493 e. The molecule has 0 radical (unpaired) electrons. The maximum atomic E-state index is 11.6. The van der Waals surface area contributed by atoms with Crippen molar-refractivity contribution in [3.8, 4) is 11.5 Å². The van der Waals surface area contributed by atoms with Gasteiger partial charge < -0.3 is 20.1 Å². The summed E-state index contributed by atoms with van der Waals surface area (Å²) in [6.45, 7) is 1.84.